The van der Waals surface area contributed by atoms with Crippen molar-refractivity contribution in [3.63, 3.8) is 0 Å². The van der Waals surface area contributed by atoms with E-state index < -0.39 is 0 Å². The molecule has 120 valence electrons. The van der Waals surface area contributed by atoms with Crippen LogP contribution in [-0.2, 0) is 0 Å². The Bertz CT molecular complexity index is 791. The van der Waals surface area contributed by atoms with Crippen LogP contribution in [-0.4, -0.2) is 22.8 Å². The molecule has 0 aromatic heterocycles. The summed E-state index contributed by atoms with van der Waals surface area (Å²) in [7, 11) is 0. The van der Waals surface area contributed by atoms with E-state index in [4.69, 9.17) is 10.5 Å². The van der Waals surface area contributed by atoms with E-state index in [1.165, 1.54) is 11.1 Å². The minimum Gasteiger partial charge on any atom is -0.360 e. The number of benzene rings is 1. The molecule has 0 saturated heterocycles. The molecule has 0 atom stereocenters. The molecule has 1 aromatic carbocycles. The molecular weight excluding hydrogens is 304 g/mol. The zero-order valence-electron chi connectivity index (χ0n) is 13.1. The molecule has 0 radical (unpaired) electrons. The highest BCUT2D eigenvalue weighted by atomic mass is 16.2. The summed E-state index contributed by atoms with van der Waals surface area (Å²) in [6.07, 6.45) is 6.25. The minimum atomic E-state index is -0.254. The van der Waals surface area contributed by atoms with Crippen molar-refractivity contribution in [1.29, 1.82) is 10.5 Å². The Balaban J connectivity index is 1.85. The first kappa shape index (κ1) is 15.8. The maximum Gasteiger partial charge on any atom is 0.261 e. The summed E-state index contributed by atoms with van der Waals surface area (Å²) in [4.78, 5) is 26.6. The van der Waals surface area contributed by atoms with E-state index in [9.17, 15) is 9.59 Å². The van der Waals surface area contributed by atoms with Gasteiger partial charge in [-0.25, -0.2) is 0 Å². The van der Waals surface area contributed by atoms with Crippen LogP contribution >= 0.6 is 0 Å². The third kappa shape index (κ3) is 2.75. The number of amides is 2. The third-order valence-electron chi connectivity index (χ3n) is 4.48. The Hall–Kier alpha value is -3.12. The van der Waals surface area contributed by atoms with Gasteiger partial charge in [-0.05, 0) is 31.0 Å². The van der Waals surface area contributed by atoms with Gasteiger partial charge in [-0.15, -0.1) is 0 Å². The maximum absolute atomic E-state index is 12.7. The van der Waals surface area contributed by atoms with Gasteiger partial charge in [0.1, 0.15) is 17.7 Å². The van der Waals surface area contributed by atoms with Gasteiger partial charge < -0.3 is 5.32 Å². The molecule has 2 aliphatic rings. The van der Waals surface area contributed by atoms with Crippen molar-refractivity contribution in [2.45, 2.75) is 38.1 Å². The zero-order valence-corrected chi connectivity index (χ0v) is 13.1. The van der Waals surface area contributed by atoms with E-state index in [0.29, 0.717) is 16.8 Å². The molecule has 3 rings (SSSR count). The van der Waals surface area contributed by atoms with Crippen LogP contribution < -0.4 is 5.32 Å². The van der Waals surface area contributed by atoms with Crippen LogP contribution in [0.15, 0.2) is 30.0 Å². The summed E-state index contributed by atoms with van der Waals surface area (Å²) in [5.41, 5.74) is 1.28. The van der Waals surface area contributed by atoms with Gasteiger partial charge in [0, 0.05) is 17.9 Å². The number of carbonyl (C=O) groups is 2. The Morgan fingerprint density at radius 1 is 1.08 bits per heavy atom. The molecular formula is C18H16N4O2. The van der Waals surface area contributed by atoms with Crippen LogP contribution in [0, 0.1) is 22.7 Å². The molecule has 6 nitrogen and oxygen atoms in total. The monoisotopic (exact) mass is 320 g/mol. The average molecular weight is 320 g/mol. The molecule has 0 bridgehead atoms. The number of nitrogens with one attached hydrogen (secondary N) is 1. The minimum absolute atomic E-state index is 0.00812. The van der Waals surface area contributed by atoms with E-state index >= 15 is 0 Å². The van der Waals surface area contributed by atoms with Gasteiger partial charge in [-0.2, -0.15) is 10.5 Å². The molecule has 0 unspecified atom stereocenters. The van der Waals surface area contributed by atoms with E-state index in [1.807, 2.05) is 0 Å². The van der Waals surface area contributed by atoms with Crippen molar-refractivity contribution >= 4 is 17.5 Å². The van der Waals surface area contributed by atoms with Crippen LogP contribution in [0.2, 0.25) is 0 Å². The van der Waals surface area contributed by atoms with Crippen LogP contribution in [0.3, 0.4) is 0 Å². The number of nitrogens with zero attached hydrogens (tertiary/aromatic N) is 3. The number of hydrogen-bond acceptors (Lipinski definition) is 5. The number of rotatable bonds is 3. The molecule has 1 aliphatic heterocycles. The van der Waals surface area contributed by atoms with Gasteiger partial charge in [-0.1, -0.05) is 19.3 Å². The number of fused-ring (bicyclic) bond motifs is 1. The molecule has 0 spiro atoms. The van der Waals surface area contributed by atoms with E-state index in [-0.39, 0.29) is 23.4 Å². The van der Waals surface area contributed by atoms with Gasteiger partial charge in [0.25, 0.3) is 11.8 Å². The topological polar surface area (TPSA) is 97.0 Å². The van der Waals surface area contributed by atoms with Crippen LogP contribution in [0.4, 0.5) is 5.69 Å². The molecule has 1 fully saturated rings. The quantitative estimate of drug-likeness (QED) is 0.682. The van der Waals surface area contributed by atoms with Gasteiger partial charge in [0.05, 0.1) is 11.1 Å². The Morgan fingerprint density at radius 3 is 2.42 bits per heavy atom. The molecule has 6 heteroatoms. The third-order valence-corrected chi connectivity index (χ3v) is 4.48. The number of nitriles is 2. The number of imide groups is 1. The lowest BCUT2D eigenvalue weighted by Crippen LogP contribution is -2.40. The van der Waals surface area contributed by atoms with Crippen molar-refractivity contribution in [3.05, 3.63) is 41.1 Å². The molecule has 1 aromatic rings. The fourth-order valence-electron chi connectivity index (χ4n) is 3.27. The molecule has 1 heterocycles. The zero-order chi connectivity index (χ0) is 17.1. The number of carbonyl (C=O) groups excluding carboxylic acids is 2. The van der Waals surface area contributed by atoms with Crippen molar-refractivity contribution in [2.75, 3.05) is 5.32 Å². The first-order valence-corrected chi connectivity index (χ1v) is 7.94. The first-order valence-electron chi connectivity index (χ1n) is 7.94. The van der Waals surface area contributed by atoms with Crippen molar-refractivity contribution in [3.8, 4) is 12.1 Å². The first-order chi connectivity index (χ1) is 11.7. The highest BCUT2D eigenvalue weighted by molar-refractivity contribution is 6.22. The van der Waals surface area contributed by atoms with Gasteiger partial charge in [0.15, 0.2) is 0 Å². The summed E-state index contributed by atoms with van der Waals surface area (Å²) in [5.74, 6) is -0.478. The fourth-order valence-corrected chi connectivity index (χ4v) is 3.27. The van der Waals surface area contributed by atoms with Crippen LogP contribution in [0.5, 0.6) is 0 Å². The van der Waals surface area contributed by atoms with Gasteiger partial charge in [0.2, 0.25) is 0 Å². The second-order valence-electron chi connectivity index (χ2n) is 5.96. The molecule has 1 aliphatic carbocycles. The van der Waals surface area contributed by atoms with E-state index in [0.717, 1.165) is 32.1 Å². The number of anilines is 1. The van der Waals surface area contributed by atoms with Gasteiger partial charge >= 0.3 is 0 Å². The molecule has 1 saturated carbocycles. The smallest absolute Gasteiger partial charge is 0.261 e. The standard InChI is InChI=1S/C18H16N4O2/c19-9-12(10-20)11-21-13-6-7-15-16(8-13)18(24)22(17(15)23)14-4-2-1-3-5-14/h6-8,11,14,21H,1-5H2. The summed E-state index contributed by atoms with van der Waals surface area (Å²) >= 11 is 0. The van der Waals surface area contributed by atoms with Gasteiger partial charge in [-0.3, -0.25) is 14.5 Å². The summed E-state index contributed by atoms with van der Waals surface area (Å²) in [5, 5.41) is 20.3. The SMILES string of the molecule is N#CC(C#N)=CNc1ccc2c(c1)C(=O)N(C1CCCCC1)C2=O. The Kier molecular flexibility index (Phi) is 4.31. The van der Waals surface area contributed by atoms with Crippen LogP contribution in [0.1, 0.15) is 52.8 Å². The van der Waals surface area contributed by atoms with Crippen molar-refractivity contribution in [1.82, 2.24) is 4.90 Å². The van der Waals surface area contributed by atoms with Crippen molar-refractivity contribution < 1.29 is 9.59 Å². The Labute approximate surface area is 140 Å². The predicted molar refractivity (Wildman–Crippen MR) is 86.7 cm³/mol. The second-order valence-corrected chi connectivity index (χ2v) is 5.96. The highest BCUT2D eigenvalue weighted by Crippen LogP contribution is 2.32. The predicted octanol–water partition coefficient (Wildman–Crippen LogP) is 2.96. The molecule has 24 heavy (non-hydrogen) atoms. The van der Waals surface area contributed by atoms with E-state index in [2.05, 4.69) is 5.32 Å². The maximum atomic E-state index is 12.7. The fraction of sp³-hybridized carbons (Fsp3) is 0.333. The lowest BCUT2D eigenvalue weighted by atomic mass is 9.94. The Morgan fingerprint density at radius 2 is 1.75 bits per heavy atom. The lowest BCUT2D eigenvalue weighted by Gasteiger charge is -2.29. The summed E-state index contributed by atoms with van der Waals surface area (Å²) in [6, 6.07) is 8.37. The van der Waals surface area contributed by atoms with Crippen LogP contribution in [0.25, 0.3) is 0 Å². The molecule has 1 N–H and O–H groups in total. The van der Waals surface area contributed by atoms with Crippen molar-refractivity contribution in [2.24, 2.45) is 0 Å². The molecule has 2 amide bonds. The lowest BCUT2D eigenvalue weighted by molar-refractivity contribution is 0.0549. The average Bonchev–Trinajstić information content (AvgIpc) is 2.87. The van der Waals surface area contributed by atoms with E-state index in [1.54, 1.807) is 30.3 Å². The number of allylic oxidation sites excluding steroid dienone is 1. The largest absolute Gasteiger partial charge is 0.360 e. The number of hydrogen-bond donors (Lipinski definition) is 1. The summed E-state index contributed by atoms with van der Waals surface area (Å²) in [6.45, 7) is 0. The second kappa shape index (κ2) is 6.55. The normalized spacial score (nSPS) is 17.0. The highest BCUT2D eigenvalue weighted by Gasteiger charge is 2.40. The summed E-state index contributed by atoms with van der Waals surface area (Å²) < 4.78 is 0.